The second kappa shape index (κ2) is 13.2. The van der Waals surface area contributed by atoms with Crippen LogP contribution in [-0.2, 0) is 37.7 Å². The molecule has 0 amide bonds. The van der Waals surface area contributed by atoms with Crippen LogP contribution >= 0.6 is 11.6 Å². The Morgan fingerprint density at radius 2 is 1.82 bits per heavy atom. The van der Waals surface area contributed by atoms with Crippen LogP contribution in [0.5, 0.6) is 5.75 Å². The maximum Gasteiger partial charge on any atom is 0.355 e. The quantitative estimate of drug-likeness (QED) is 0.129. The number of carbonyl (C=O) groups excluding carboxylic acids is 1. The number of esters is 1. The Bertz CT molecular complexity index is 1880. The van der Waals surface area contributed by atoms with E-state index in [1.54, 1.807) is 6.07 Å². The molecule has 0 radical (unpaired) electrons. The zero-order valence-electron chi connectivity index (χ0n) is 26.5. The highest BCUT2D eigenvalue weighted by Crippen LogP contribution is 2.43. The molecule has 0 N–H and O–H groups in total. The number of carbonyl (C=O) groups is 1. The van der Waals surface area contributed by atoms with E-state index < -0.39 is 0 Å². The first-order valence-electron chi connectivity index (χ1n) is 15.9. The predicted molar refractivity (Wildman–Crippen MR) is 178 cm³/mol. The van der Waals surface area contributed by atoms with Crippen LogP contribution in [0.2, 0.25) is 5.02 Å². The average molecular weight is 631 g/mol. The van der Waals surface area contributed by atoms with Gasteiger partial charge in [0.2, 0.25) is 0 Å². The lowest BCUT2D eigenvalue weighted by Crippen LogP contribution is -2.21. The summed E-state index contributed by atoms with van der Waals surface area (Å²) in [7, 11) is 4.14. The molecule has 6 rings (SSSR count). The van der Waals surface area contributed by atoms with Crippen LogP contribution in [0.4, 0.5) is 4.39 Å². The van der Waals surface area contributed by atoms with Gasteiger partial charge in [-0.2, -0.15) is 5.10 Å². The van der Waals surface area contributed by atoms with Crippen LogP contribution in [0.15, 0.2) is 48.5 Å². The minimum absolute atomic E-state index is 0.274. The van der Waals surface area contributed by atoms with Gasteiger partial charge in [-0.25, -0.2) is 9.18 Å². The van der Waals surface area contributed by atoms with E-state index in [9.17, 15) is 9.18 Å². The Kier molecular flexibility index (Phi) is 9.15. The van der Waals surface area contributed by atoms with Gasteiger partial charge in [0.1, 0.15) is 17.3 Å². The molecule has 7 nitrogen and oxygen atoms in total. The smallest absolute Gasteiger partial charge is 0.355 e. The molecule has 9 heteroatoms. The molecule has 3 aromatic carbocycles. The number of aryl methyl sites for hydroxylation is 4. The van der Waals surface area contributed by atoms with E-state index in [-0.39, 0.29) is 18.4 Å². The summed E-state index contributed by atoms with van der Waals surface area (Å²) < 4.78 is 29.8. The van der Waals surface area contributed by atoms with Crippen molar-refractivity contribution in [3.05, 3.63) is 82.0 Å². The van der Waals surface area contributed by atoms with Crippen molar-refractivity contribution in [3.8, 4) is 16.9 Å². The fraction of sp³-hybridized carbons (Fsp3) is 0.389. The number of hydrogen-bond donors (Lipinski definition) is 0. The molecule has 0 fully saturated rings. The van der Waals surface area contributed by atoms with Crippen molar-refractivity contribution < 1.29 is 18.7 Å². The SMILES string of the molecule is CCOC(=O)c1c(CCCOc2cccc3cc(F)ccc23)c2ccc(Cl)c3c2n1CCCCN(C)Cc1c-3c(CC)nn1C. The number of fused-ring (bicyclic) bond motifs is 3. The Labute approximate surface area is 268 Å². The molecule has 0 unspecified atom stereocenters. The lowest BCUT2D eigenvalue weighted by Gasteiger charge is -2.18. The highest BCUT2D eigenvalue weighted by Gasteiger charge is 2.30. The topological polar surface area (TPSA) is 61.5 Å². The molecule has 0 saturated carbocycles. The minimum atomic E-state index is -0.322. The Hall–Kier alpha value is -3.88. The number of aromatic nitrogens is 3. The number of rotatable bonds is 8. The van der Waals surface area contributed by atoms with Crippen LogP contribution in [-0.4, -0.2) is 52.0 Å². The molecule has 3 heterocycles. The summed E-state index contributed by atoms with van der Waals surface area (Å²) in [6, 6.07) is 14.4. The fourth-order valence-electron chi connectivity index (χ4n) is 6.75. The number of nitrogens with zero attached hydrogens (tertiary/aromatic N) is 4. The highest BCUT2D eigenvalue weighted by atomic mass is 35.5. The Balaban J connectivity index is 1.46. The van der Waals surface area contributed by atoms with Gasteiger partial charge >= 0.3 is 5.97 Å². The summed E-state index contributed by atoms with van der Waals surface area (Å²) in [6.45, 7) is 7.03. The van der Waals surface area contributed by atoms with Gasteiger partial charge in [-0.1, -0.05) is 36.7 Å². The third-order valence-corrected chi connectivity index (χ3v) is 9.11. The van der Waals surface area contributed by atoms with E-state index in [0.717, 1.165) is 82.1 Å². The van der Waals surface area contributed by atoms with Crippen molar-refractivity contribution in [1.29, 1.82) is 0 Å². The molecular weight excluding hydrogens is 591 g/mol. The van der Waals surface area contributed by atoms with Gasteiger partial charge in [0.15, 0.2) is 0 Å². The largest absolute Gasteiger partial charge is 0.493 e. The molecule has 2 aromatic heterocycles. The van der Waals surface area contributed by atoms with Gasteiger partial charge in [0.05, 0.1) is 35.1 Å². The minimum Gasteiger partial charge on any atom is -0.493 e. The van der Waals surface area contributed by atoms with Crippen LogP contribution in [0.1, 0.15) is 60.5 Å². The van der Waals surface area contributed by atoms with Gasteiger partial charge < -0.3 is 18.9 Å². The van der Waals surface area contributed by atoms with E-state index in [1.165, 1.54) is 12.1 Å². The monoisotopic (exact) mass is 630 g/mol. The standard InChI is InChI=1S/C36H40ClFN4O3/c1-5-29-33-30(41(4)39-29)22-40(3)18-7-8-19-42-34-27(16-17-28(37)32(33)34)26(35(42)36(43)44-6-2)12-10-20-45-31-13-9-11-23-21-24(38)14-15-25(23)31/h9,11,13-17,21H,5-8,10,12,18-20,22H2,1-4H3. The van der Waals surface area contributed by atoms with Crippen molar-refractivity contribution in [1.82, 2.24) is 19.2 Å². The molecule has 236 valence electrons. The molecule has 0 atom stereocenters. The summed E-state index contributed by atoms with van der Waals surface area (Å²) >= 11 is 7.10. The first-order valence-corrected chi connectivity index (χ1v) is 16.3. The normalized spacial score (nSPS) is 14.0. The van der Waals surface area contributed by atoms with E-state index in [2.05, 4.69) is 23.4 Å². The third-order valence-electron chi connectivity index (χ3n) is 8.79. The Morgan fingerprint density at radius 3 is 2.62 bits per heavy atom. The maximum atomic E-state index is 13.8. The first-order chi connectivity index (χ1) is 21.8. The molecule has 45 heavy (non-hydrogen) atoms. The van der Waals surface area contributed by atoms with Crippen molar-refractivity contribution in [2.75, 3.05) is 26.8 Å². The fourth-order valence-corrected chi connectivity index (χ4v) is 6.99. The van der Waals surface area contributed by atoms with Crippen LogP contribution in [0.25, 0.3) is 32.8 Å². The summed E-state index contributed by atoms with van der Waals surface area (Å²) in [6.07, 6.45) is 3.94. The van der Waals surface area contributed by atoms with Crippen LogP contribution in [0, 0.1) is 5.82 Å². The van der Waals surface area contributed by atoms with Crippen molar-refractivity contribution in [2.24, 2.45) is 7.05 Å². The van der Waals surface area contributed by atoms with E-state index in [0.29, 0.717) is 42.5 Å². The lowest BCUT2D eigenvalue weighted by molar-refractivity contribution is 0.0512. The van der Waals surface area contributed by atoms with Crippen molar-refractivity contribution >= 4 is 39.2 Å². The average Bonchev–Trinajstić information content (AvgIpc) is 3.49. The Morgan fingerprint density at radius 1 is 1.02 bits per heavy atom. The second-order valence-electron chi connectivity index (χ2n) is 11.8. The number of halogens is 2. The third kappa shape index (κ3) is 5.93. The van der Waals surface area contributed by atoms with Crippen LogP contribution < -0.4 is 4.74 Å². The molecule has 1 aliphatic rings. The zero-order chi connectivity index (χ0) is 31.7. The van der Waals surface area contributed by atoms with Gasteiger partial charge in [-0.3, -0.25) is 4.68 Å². The zero-order valence-corrected chi connectivity index (χ0v) is 27.2. The second-order valence-corrected chi connectivity index (χ2v) is 12.2. The first kappa shape index (κ1) is 31.1. The summed E-state index contributed by atoms with van der Waals surface area (Å²) in [5.41, 5.74) is 6.59. The number of ether oxygens (including phenoxy) is 2. The number of hydrogen-bond acceptors (Lipinski definition) is 5. The van der Waals surface area contributed by atoms with Gasteiger partial charge in [0.25, 0.3) is 0 Å². The van der Waals surface area contributed by atoms with Crippen molar-refractivity contribution in [3.63, 3.8) is 0 Å². The molecule has 5 aromatic rings. The van der Waals surface area contributed by atoms with Crippen LogP contribution in [0.3, 0.4) is 0 Å². The number of benzene rings is 3. The molecule has 0 saturated heterocycles. The van der Waals surface area contributed by atoms with Crippen molar-refractivity contribution in [2.45, 2.75) is 59.0 Å². The summed E-state index contributed by atoms with van der Waals surface area (Å²) in [5, 5.41) is 8.23. The van der Waals surface area contributed by atoms with Gasteiger partial charge in [-0.15, -0.1) is 0 Å². The van der Waals surface area contributed by atoms with E-state index in [1.807, 2.05) is 49.0 Å². The van der Waals surface area contributed by atoms with Gasteiger partial charge in [0, 0.05) is 42.0 Å². The molecule has 0 bridgehead atoms. The van der Waals surface area contributed by atoms with E-state index >= 15 is 0 Å². The highest BCUT2D eigenvalue weighted by molar-refractivity contribution is 6.35. The lowest BCUT2D eigenvalue weighted by atomic mass is 9.97. The predicted octanol–water partition coefficient (Wildman–Crippen LogP) is 7.96. The summed E-state index contributed by atoms with van der Waals surface area (Å²) in [5.74, 6) is 0.117. The van der Waals surface area contributed by atoms with E-state index in [4.69, 9.17) is 26.2 Å². The molecule has 0 aliphatic carbocycles. The molecule has 0 spiro atoms. The maximum absolute atomic E-state index is 13.8. The molecule has 1 aliphatic heterocycles. The van der Waals surface area contributed by atoms with Gasteiger partial charge in [-0.05, 0) is 93.9 Å². The summed E-state index contributed by atoms with van der Waals surface area (Å²) in [4.78, 5) is 16.1. The molecular formula is C36H40ClFN4O3.